The number of amides is 1. The van der Waals surface area contributed by atoms with Crippen molar-refractivity contribution in [3.05, 3.63) is 35.9 Å². The maximum Gasteiger partial charge on any atom is 0.410 e. The lowest BCUT2D eigenvalue weighted by Crippen LogP contribution is -2.55. The lowest BCUT2D eigenvalue weighted by molar-refractivity contribution is -0.126. The average Bonchev–Trinajstić information content (AvgIpc) is 2.74. The van der Waals surface area contributed by atoms with Gasteiger partial charge in [0.2, 0.25) is 0 Å². The van der Waals surface area contributed by atoms with E-state index in [2.05, 4.69) is 33.9 Å². The zero-order chi connectivity index (χ0) is 23.4. The molecule has 2 unspecified atom stereocenters. The number of ketones is 1. The van der Waals surface area contributed by atoms with Crippen LogP contribution in [0.4, 0.5) is 4.79 Å². The third-order valence-electron chi connectivity index (χ3n) is 7.68. The normalized spacial score (nSPS) is 23.7. The van der Waals surface area contributed by atoms with Gasteiger partial charge in [-0.15, -0.1) is 0 Å². The Balaban J connectivity index is 1.48. The Kier molecular flexibility index (Phi) is 8.20. The fourth-order valence-electron chi connectivity index (χ4n) is 4.73. The number of hydrogen-bond acceptors (Lipinski definition) is 4. The van der Waals surface area contributed by atoms with Gasteiger partial charge in [-0.1, -0.05) is 51.1 Å². The van der Waals surface area contributed by atoms with Gasteiger partial charge in [0.1, 0.15) is 12.4 Å². The largest absolute Gasteiger partial charge is 0.445 e. The molecular weight excluding hydrogens is 418 g/mol. The van der Waals surface area contributed by atoms with Gasteiger partial charge in [0.05, 0.1) is 0 Å². The highest BCUT2D eigenvalue weighted by Crippen LogP contribution is 2.39. The Morgan fingerprint density at radius 3 is 2.28 bits per heavy atom. The third-order valence-corrected chi connectivity index (χ3v) is 12.2. The molecule has 2 bridgehead atoms. The van der Waals surface area contributed by atoms with Crippen LogP contribution in [0.5, 0.6) is 0 Å². The Morgan fingerprint density at radius 1 is 1.06 bits per heavy atom. The lowest BCUT2D eigenvalue weighted by atomic mass is 9.76. The Bertz CT molecular complexity index is 760. The average molecular weight is 460 g/mol. The van der Waals surface area contributed by atoms with E-state index < -0.39 is 8.32 Å². The van der Waals surface area contributed by atoms with Gasteiger partial charge in [-0.25, -0.2) is 4.79 Å². The molecule has 0 radical (unpaired) electrons. The van der Waals surface area contributed by atoms with Crippen molar-refractivity contribution in [2.45, 2.75) is 103 Å². The lowest BCUT2D eigenvalue weighted by Gasteiger charge is -2.47. The molecule has 5 nitrogen and oxygen atoms in total. The van der Waals surface area contributed by atoms with Crippen LogP contribution in [-0.4, -0.2) is 43.8 Å². The number of benzene rings is 1. The molecule has 2 aliphatic heterocycles. The topological polar surface area (TPSA) is 55.8 Å². The fraction of sp³-hybridized carbons (Fsp3) is 0.692. The van der Waals surface area contributed by atoms with E-state index in [1.807, 2.05) is 35.2 Å². The number of rotatable bonds is 8. The molecule has 178 valence electrons. The van der Waals surface area contributed by atoms with Gasteiger partial charge >= 0.3 is 6.09 Å². The zero-order valence-electron chi connectivity index (χ0n) is 20.6. The summed E-state index contributed by atoms with van der Waals surface area (Å²) in [6.07, 6.45) is 5.76. The van der Waals surface area contributed by atoms with Crippen LogP contribution in [0.2, 0.25) is 18.1 Å². The second-order valence-electron chi connectivity index (χ2n) is 11.0. The maximum absolute atomic E-state index is 13.0. The molecule has 1 aromatic rings. The van der Waals surface area contributed by atoms with E-state index in [4.69, 9.17) is 9.16 Å². The summed E-state index contributed by atoms with van der Waals surface area (Å²) in [5.74, 6) is 0.411. The molecule has 0 aliphatic carbocycles. The Morgan fingerprint density at radius 2 is 1.69 bits per heavy atom. The number of carbonyl (C=O) groups is 2. The van der Waals surface area contributed by atoms with Crippen LogP contribution in [-0.2, 0) is 20.6 Å². The number of fused-ring (bicyclic) bond motifs is 2. The number of nitrogens with zero attached hydrogens (tertiary/aromatic N) is 1. The van der Waals surface area contributed by atoms with Crippen molar-refractivity contribution >= 4 is 20.2 Å². The molecule has 2 saturated heterocycles. The van der Waals surface area contributed by atoms with Gasteiger partial charge in [-0.3, -0.25) is 4.79 Å². The van der Waals surface area contributed by atoms with Gasteiger partial charge in [0.25, 0.3) is 0 Å². The van der Waals surface area contributed by atoms with E-state index in [1.54, 1.807) is 0 Å². The molecule has 3 rings (SSSR count). The van der Waals surface area contributed by atoms with Crippen LogP contribution in [0.1, 0.15) is 71.3 Å². The van der Waals surface area contributed by atoms with Crippen LogP contribution < -0.4 is 0 Å². The van der Waals surface area contributed by atoms with Crippen molar-refractivity contribution < 1.29 is 18.8 Å². The summed E-state index contributed by atoms with van der Waals surface area (Å²) in [7, 11) is -1.76. The monoisotopic (exact) mass is 459 g/mol. The fourth-order valence-corrected chi connectivity index (χ4v) is 5.82. The molecular formula is C26H41NO4Si. The summed E-state index contributed by atoms with van der Waals surface area (Å²) < 4.78 is 11.9. The summed E-state index contributed by atoms with van der Waals surface area (Å²) in [6.45, 7) is 12.2. The van der Waals surface area contributed by atoms with E-state index >= 15 is 0 Å². The molecule has 2 aliphatic rings. The van der Waals surface area contributed by atoms with Crippen LogP contribution in [0.3, 0.4) is 0 Å². The molecule has 2 heterocycles. The van der Waals surface area contributed by atoms with E-state index in [0.717, 1.165) is 44.1 Å². The number of piperidine rings is 2. The first-order chi connectivity index (χ1) is 15.1. The summed E-state index contributed by atoms with van der Waals surface area (Å²) in [6, 6.07) is 10.0. The van der Waals surface area contributed by atoms with Crippen molar-refractivity contribution in [1.82, 2.24) is 4.90 Å². The first-order valence-corrected chi connectivity index (χ1v) is 15.1. The number of Topliss-reactive ketones (excluding diaryl/α,β-unsaturated/α-hetero) is 1. The van der Waals surface area contributed by atoms with E-state index in [9.17, 15) is 9.59 Å². The quantitative estimate of drug-likeness (QED) is 0.337. The molecule has 0 saturated carbocycles. The number of ether oxygens (including phenoxy) is 1. The third kappa shape index (κ3) is 6.22. The standard InChI is InChI=1S/C26H41NO4Si/c1-26(2,3)32(4,5)31-16-10-15-24(28)21-17-22-13-9-14-23(18-21)27(22)25(29)30-19-20-11-7-6-8-12-20/h6-8,11-12,21-23H,9-10,13-19H2,1-5H3. The molecule has 2 fully saturated rings. The van der Waals surface area contributed by atoms with Crippen molar-refractivity contribution in [3.63, 3.8) is 0 Å². The second kappa shape index (κ2) is 10.5. The maximum atomic E-state index is 13.0. The smallest absolute Gasteiger partial charge is 0.410 e. The van der Waals surface area contributed by atoms with Gasteiger partial charge in [0.15, 0.2) is 8.32 Å². The minimum Gasteiger partial charge on any atom is -0.445 e. The van der Waals surface area contributed by atoms with Crippen molar-refractivity contribution in [2.24, 2.45) is 5.92 Å². The summed E-state index contributed by atoms with van der Waals surface area (Å²) >= 11 is 0. The second-order valence-corrected chi connectivity index (χ2v) is 15.8. The minimum absolute atomic E-state index is 0.0661. The van der Waals surface area contributed by atoms with Crippen LogP contribution >= 0.6 is 0 Å². The van der Waals surface area contributed by atoms with Gasteiger partial charge in [-0.05, 0) is 62.2 Å². The van der Waals surface area contributed by atoms with Crippen LogP contribution in [0.25, 0.3) is 0 Å². The van der Waals surface area contributed by atoms with Crippen molar-refractivity contribution in [1.29, 1.82) is 0 Å². The van der Waals surface area contributed by atoms with Gasteiger partial charge < -0.3 is 14.1 Å². The first kappa shape index (κ1) is 25.0. The van der Waals surface area contributed by atoms with Crippen LogP contribution in [0, 0.1) is 5.92 Å². The minimum atomic E-state index is -1.76. The summed E-state index contributed by atoms with van der Waals surface area (Å²) in [5, 5.41) is 0.191. The SMILES string of the molecule is CC(C)(C)[Si](C)(C)OCCCC(=O)C1CC2CCCC(C1)N2C(=O)OCc1ccccc1. The number of hydrogen-bond donors (Lipinski definition) is 0. The molecule has 0 N–H and O–H groups in total. The van der Waals surface area contributed by atoms with Gasteiger partial charge in [-0.2, -0.15) is 0 Å². The highest BCUT2D eigenvalue weighted by Gasteiger charge is 2.43. The Labute approximate surface area is 195 Å². The highest BCUT2D eigenvalue weighted by atomic mass is 28.4. The van der Waals surface area contributed by atoms with Gasteiger partial charge in [0, 0.05) is 31.0 Å². The Hall–Kier alpha value is -1.66. The zero-order valence-corrected chi connectivity index (χ0v) is 21.6. The van der Waals surface area contributed by atoms with E-state index in [1.165, 1.54) is 0 Å². The molecule has 0 aromatic heterocycles. The predicted molar refractivity (Wildman–Crippen MR) is 130 cm³/mol. The van der Waals surface area contributed by atoms with Crippen LogP contribution in [0.15, 0.2) is 30.3 Å². The molecule has 1 aromatic carbocycles. The van der Waals surface area contributed by atoms with E-state index in [-0.39, 0.29) is 29.1 Å². The number of carbonyl (C=O) groups excluding carboxylic acids is 2. The van der Waals surface area contributed by atoms with Crippen molar-refractivity contribution in [3.8, 4) is 0 Å². The first-order valence-electron chi connectivity index (χ1n) is 12.2. The molecule has 0 spiro atoms. The predicted octanol–water partition coefficient (Wildman–Crippen LogP) is 6.33. The van der Waals surface area contributed by atoms with Crippen molar-refractivity contribution in [2.75, 3.05) is 6.61 Å². The molecule has 1 amide bonds. The molecule has 2 atom stereocenters. The molecule has 32 heavy (non-hydrogen) atoms. The summed E-state index contributed by atoms with van der Waals surface area (Å²) in [4.78, 5) is 27.8. The molecule has 6 heteroatoms. The highest BCUT2D eigenvalue weighted by molar-refractivity contribution is 6.74. The summed E-state index contributed by atoms with van der Waals surface area (Å²) in [5.41, 5.74) is 0.996. The van der Waals surface area contributed by atoms with E-state index in [0.29, 0.717) is 25.4 Å².